The molecule has 0 radical (unpaired) electrons. The number of imide groups is 1. The van der Waals surface area contributed by atoms with Gasteiger partial charge in [-0.05, 0) is 25.1 Å². The van der Waals surface area contributed by atoms with E-state index in [2.05, 4.69) is 15.9 Å². The van der Waals surface area contributed by atoms with E-state index in [-0.39, 0.29) is 6.54 Å². The monoisotopic (exact) mass is 313 g/mol. The standard InChI is InChI=1S/C12H12BrNO4/c1-12(18,6-15)5-14-10(16)8-3-2-7(13)4-9(8)11(14)17/h2-4,15,18H,5-6H2,1H3. The average molecular weight is 314 g/mol. The smallest absolute Gasteiger partial charge is 0.261 e. The molecule has 0 aromatic heterocycles. The molecule has 0 saturated heterocycles. The molecule has 1 heterocycles. The van der Waals surface area contributed by atoms with E-state index in [4.69, 9.17) is 5.11 Å². The van der Waals surface area contributed by atoms with E-state index in [1.54, 1.807) is 18.2 Å². The van der Waals surface area contributed by atoms with Crippen molar-refractivity contribution >= 4 is 27.7 Å². The van der Waals surface area contributed by atoms with Crippen LogP contribution in [0.2, 0.25) is 0 Å². The Morgan fingerprint density at radius 2 is 1.89 bits per heavy atom. The second-order valence-corrected chi connectivity index (χ2v) is 5.46. The first-order valence-corrected chi connectivity index (χ1v) is 6.14. The largest absolute Gasteiger partial charge is 0.393 e. The molecule has 0 fully saturated rings. The molecule has 2 amide bonds. The molecule has 5 nitrogen and oxygen atoms in total. The lowest BCUT2D eigenvalue weighted by molar-refractivity contribution is -0.0175. The third kappa shape index (κ3) is 2.19. The van der Waals surface area contributed by atoms with E-state index < -0.39 is 24.0 Å². The van der Waals surface area contributed by atoms with Crippen LogP contribution in [0.5, 0.6) is 0 Å². The van der Waals surface area contributed by atoms with Crippen molar-refractivity contribution in [1.82, 2.24) is 4.90 Å². The number of carbonyl (C=O) groups is 2. The second-order valence-electron chi connectivity index (χ2n) is 4.54. The molecule has 2 N–H and O–H groups in total. The quantitative estimate of drug-likeness (QED) is 0.809. The van der Waals surface area contributed by atoms with Crippen LogP contribution in [-0.2, 0) is 0 Å². The minimum Gasteiger partial charge on any atom is -0.393 e. The van der Waals surface area contributed by atoms with E-state index in [0.717, 1.165) is 4.90 Å². The Hall–Kier alpha value is -1.24. The number of hydrogen-bond acceptors (Lipinski definition) is 4. The van der Waals surface area contributed by atoms with Crippen molar-refractivity contribution in [2.24, 2.45) is 0 Å². The summed E-state index contributed by atoms with van der Waals surface area (Å²) in [5.41, 5.74) is -0.870. The first-order chi connectivity index (χ1) is 8.35. The van der Waals surface area contributed by atoms with Gasteiger partial charge in [0.1, 0.15) is 5.60 Å². The molecule has 96 valence electrons. The normalized spacial score (nSPS) is 17.9. The lowest BCUT2D eigenvalue weighted by atomic mass is 10.1. The molecule has 0 saturated carbocycles. The van der Waals surface area contributed by atoms with Gasteiger partial charge < -0.3 is 10.2 Å². The molecule has 1 aromatic carbocycles. The van der Waals surface area contributed by atoms with Crippen LogP contribution in [0.1, 0.15) is 27.6 Å². The summed E-state index contributed by atoms with van der Waals surface area (Å²) in [7, 11) is 0. The molecular weight excluding hydrogens is 302 g/mol. The Bertz CT molecular complexity index is 527. The number of β-amino-alcohol motifs (C(OH)–C–C–N with tert-alkyl or cyclic N) is 1. The molecule has 0 aliphatic carbocycles. The highest BCUT2D eigenvalue weighted by Gasteiger charge is 2.39. The lowest BCUT2D eigenvalue weighted by Gasteiger charge is -2.25. The summed E-state index contributed by atoms with van der Waals surface area (Å²) in [4.78, 5) is 25.0. The SMILES string of the molecule is CC(O)(CO)CN1C(=O)c2ccc(Br)cc2C1=O. The average Bonchev–Trinajstić information content (AvgIpc) is 2.54. The van der Waals surface area contributed by atoms with E-state index in [0.29, 0.717) is 15.6 Å². The van der Waals surface area contributed by atoms with Crippen LogP contribution < -0.4 is 0 Å². The third-order valence-corrected chi connectivity index (χ3v) is 3.27. The van der Waals surface area contributed by atoms with Crippen LogP contribution in [0.15, 0.2) is 22.7 Å². The van der Waals surface area contributed by atoms with Crippen LogP contribution in [0.25, 0.3) is 0 Å². The fourth-order valence-corrected chi connectivity index (χ4v) is 2.16. The first-order valence-electron chi connectivity index (χ1n) is 5.35. The van der Waals surface area contributed by atoms with Crippen LogP contribution in [0, 0.1) is 0 Å². The molecule has 1 aliphatic heterocycles. The predicted octanol–water partition coefficient (Wildman–Crippen LogP) is 0.788. The fourth-order valence-electron chi connectivity index (χ4n) is 1.80. The molecule has 1 aromatic rings. The van der Waals surface area contributed by atoms with Gasteiger partial charge in [-0.15, -0.1) is 0 Å². The number of hydrogen-bond donors (Lipinski definition) is 2. The van der Waals surface area contributed by atoms with Crippen molar-refractivity contribution in [3.63, 3.8) is 0 Å². The van der Waals surface area contributed by atoms with Crippen molar-refractivity contribution in [2.75, 3.05) is 13.2 Å². The molecule has 6 heteroatoms. The van der Waals surface area contributed by atoms with Gasteiger partial charge in [-0.3, -0.25) is 14.5 Å². The molecule has 18 heavy (non-hydrogen) atoms. The Balaban J connectivity index is 2.34. The first kappa shape index (κ1) is 13.2. The summed E-state index contributed by atoms with van der Waals surface area (Å²) >= 11 is 3.24. The zero-order chi connectivity index (χ0) is 13.5. The van der Waals surface area contributed by atoms with E-state index in [1.165, 1.54) is 6.92 Å². The third-order valence-electron chi connectivity index (χ3n) is 2.77. The van der Waals surface area contributed by atoms with Crippen LogP contribution in [0.3, 0.4) is 0 Å². The van der Waals surface area contributed by atoms with Gasteiger partial charge in [-0.1, -0.05) is 15.9 Å². The lowest BCUT2D eigenvalue weighted by Crippen LogP contribution is -2.45. The number of rotatable bonds is 3. The summed E-state index contributed by atoms with van der Waals surface area (Å²) < 4.78 is 0.707. The number of benzene rings is 1. The summed E-state index contributed by atoms with van der Waals surface area (Å²) in [6.07, 6.45) is 0. The molecule has 0 spiro atoms. The van der Waals surface area contributed by atoms with Crippen LogP contribution in [0.4, 0.5) is 0 Å². The fraction of sp³-hybridized carbons (Fsp3) is 0.333. The molecule has 1 unspecified atom stereocenters. The van der Waals surface area contributed by atoms with Gasteiger partial charge >= 0.3 is 0 Å². The second kappa shape index (κ2) is 4.46. The number of fused-ring (bicyclic) bond motifs is 1. The van der Waals surface area contributed by atoms with Gasteiger partial charge in [0.05, 0.1) is 24.3 Å². The molecule has 2 rings (SSSR count). The van der Waals surface area contributed by atoms with Crippen LogP contribution >= 0.6 is 15.9 Å². The van der Waals surface area contributed by atoms with Gasteiger partial charge in [-0.25, -0.2) is 0 Å². The van der Waals surface area contributed by atoms with Gasteiger partial charge in [0.15, 0.2) is 0 Å². The molecule has 1 atom stereocenters. The highest BCUT2D eigenvalue weighted by atomic mass is 79.9. The molecular formula is C12H12BrNO4. The number of halogens is 1. The summed E-state index contributed by atoms with van der Waals surface area (Å²) in [6, 6.07) is 4.81. The maximum atomic E-state index is 12.0. The number of nitrogens with zero attached hydrogens (tertiary/aromatic N) is 1. The minimum atomic E-state index is -1.50. The zero-order valence-electron chi connectivity index (χ0n) is 9.68. The van der Waals surface area contributed by atoms with E-state index in [9.17, 15) is 14.7 Å². The molecule has 1 aliphatic rings. The summed E-state index contributed by atoms with van der Waals surface area (Å²) in [5, 5.41) is 18.7. The van der Waals surface area contributed by atoms with Crippen molar-refractivity contribution in [3.05, 3.63) is 33.8 Å². The topological polar surface area (TPSA) is 77.8 Å². The van der Waals surface area contributed by atoms with E-state index >= 15 is 0 Å². The predicted molar refractivity (Wildman–Crippen MR) is 67.2 cm³/mol. The Kier molecular flexibility index (Phi) is 3.27. The van der Waals surface area contributed by atoms with Crippen molar-refractivity contribution in [1.29, 1.82) is 0 Å². The summed E-state index contributed by atoms with van der Waals surface area (Å²) in [5.74, 6) is -0.902. The highest BCUT2D eigenvalue weighted by molar-refractivity contribution is 9.10. The zero-order valence-corrected chi connectivity index (χ0v) is 11.3. The van der Waals surface area contributed by atoms with Crippen molar-refractivity contribution < 1.29 is 19.8 Å². The number of aliphatic hydroxyl groups excluding tert-OH is 1. The Labute approximate surface area is 112 Å². The van der Waals surface area contributed by atoms with Crippen molar-refractivity contribution in [3.8, 4) is 0 Å². The van der Waals surface area contributed by atoms with Crippen LogP contribution in [-0.4, -0.2) is 45.7 Å². The van der Waals surface area contributed by atoms with E-state index in [1.807, 2.05) is 0 Å². The maximum Gasteiger partial charge on any atom is 0.261 e. The highest BCUT2D eigenvalue weighted by Crippen LogP contribution is 2.27. The van der Waals surface area contributed by atoms with Gasteiger partial charge in [-0.2, -0.15) is 0 Å². The van der Waals surface area contributed by atoms with Gasteiger partial charge in [0.25, 0.3) is 11.8 Å². The minimum absolute atomic E-state index is 0.229. The summed E-state index contributed by atoms with van der Waals surface area (Å²) in [6.45, 7) is 0.615. The Morgan fingerprint density at radius 1 is 1.28 bits per heavy atom. The van der Waals surface area contributed by atoms with Gasteiger partial charge in [0, 0.05) is 4.47 Å². The van der Waals surface area contributed by atoms with Crippen molar-refractivity contribution in [2.45, 2.75) is 12.5 Å². The number of carbonyl (C=O) groups excluding carboxylic acids is 2. The Morgan fingerprint density at radius 3 is 2.50 bits per heavy atom. The molecule has 0 bridgehead atoms. The maximum absolute atomic E-state index is 12.0. The van der Waals surface area contributed by atoms with Gasteiger partial charge in [0.2, 0.25) is 0 Å². The number of amides is 2. The number of aliphatic hydroxyl groups is 2.